The maximum absolute atomic E-state index is 12.6. The molecule has 0 bridgehead atoms. The van der Waals surface area contributed by atoms with Gasteiger partial charge in [0.1, 0.15) is 0 Å². The summed E-state index contributed by atoms with van der Waals surface area (Å²) in [6.45, 7) is 5.78. The number of dihydropyridines is 1. The first-order chi connectivity index (χ1) is 11.5. The molecule has 0 amide bonds. The average Bonchev–Trinajstić information content (AvgIpc) is 2.59. The van der Waals surface area contributed by atoms with E-state index in [1.165, 1.54) is 19.5 Å². The van der Waals surface area contributed by atoms with Crippen molar-refractivity contribution in [2.24, 2.45) is 0 Å². The van der Waals surface area contributed by atoms with E-state index < -0.39 is 17.9 Å². The highest BCUT2D eigenvalue weighted by atomic mass is 16.5. The normalized spacial score (nSPS) is 17.4. The van der Waals surface area contributed by atoms with Crippen LogP contribution < -0.4 is 5.32 Å². The highest BCUT2D eigenvalue weighted by Gasteiger charge is 2.37. The van der Waals surface area contributed by atoms with E-state index in [1.807, 2.05) is 6.92 Å². The van der Waals surface area contributed by atoms with Crippen molar-refractivity contribution in [3.63, 3.8) is 0 Å². The lowest BCUT2D eigenvalue weighted by molar-refractivity contribution is -0.139. The number of allylic oxidation sites excluding steroid dienone is 2. The molecule has 1 unspecified atom stereocenters. The summed E-state index contributed by atoms with van der Waals surface area (Å²) >= 11 is 0. The summed E-state index contributed by atoms with van der Waals surface area (Å²) in [5, 5.41) is 10.7. The maximum atomic E-state index is 12.6. The molecule has 1 aromatic heterocycles. The van der Waals surface area contributed by atoms with Gasteiger partial charge in [-0.25, -0.2) is 9.59 Å². The Hall–Kier alpha value is -2.70. The van der Waals surface area contributed by atoms with Crippen molar-refractivity contribution < 1.29 is 19.1 Å². The Morgan fingerprint density at radius 2 is 1.83 bits per heavy atom. The van der Waals surface area contributed by atoms with Crippen molar-refractivity contribution in [1.82, 2.24) is 15.5 Å². The molecule has 1 aliphatic rings. The minimum Gasteiger partial charge on any atom is -0.466 e. The van der Waals surface area contributed by atoms with Gasteiger partial charge in [-0.15, -0.1) is 0 Å². The zero-order chi connectivity index (χ0) is 17.7. The minimum atomic E-state index is -0.612. The number of methoxy groups -OCH3 is 1. The van der Waals surface area contributed by atoms with Gasteiger partial charge >= 0.3 is 11.9 Å². The van der Waals surface area contributed by atoms with Crippen LogP contribution in [0, 0.1) is 0 Å². The summed E-state index contributed by atoms with van der Waals surface area (Å²) < 4.78 is 10.2. The van der Waals surface area contributed by atoms with Gasteiger partial charge in [-0.3, -0.25) is 0 Å². The summed E-state index contributed by atoms with van der Waals surface area (Å²) in [4.78, 5) is 24.9. The molecule has 0 radical (unpaired) electrons. The molecule has 128 valence electrons. The van der Waals surface area contributed by atoms with E-state index in [4.69, 9.17) is 9.47 Å². The van der Waals surface area contributed by atoms with Crippen LogP contribution in [0.4, 0.5) is 0 Å². The minimum absolute atomic E-state index is 0.313. The molecule has 7 heteroatoms. The van der Waals surface area contributed by atoms with Crippen molar-refractivity contribution in [3.8, 4) is 0 Å². The molecule has 2 rings (SSSR count). The van der Waals surface area contributed by atoms with Gasteiger partial charge in [0.15, 0.2) is 0 Å². The lowest BCUT2D eigenvalue weighted by Crippen LogP contribution is -2.32. The second-order valence-corrected chi connectivity index (χ2v) is 5.44. The van der Waals surface area contributed by atoms with Crippen LogP contribution in [0.2, 0.25) is 0 Å². The summed E-state index contributed by atoms with van der Waals surface area (Å²) in [5.41, 5.74) is 2.69. The second kappa shape index (κ2) is 7.72. The number of rotatable bonds is 5. The van der Waals surface area contributed by atoms with Crippen LogP contribution in [-0.4, -0.2) is 35.9 Å². The monoisotopic (exact) mass is 331 g/mol. The zero-order valence-corrected chi connectivity index (χ0v) is 14.3. The number of esters is 2. The number of nitrogens with one attached hydrogen (secondary N) is 1. The molecule has 0 saturated heterocycles. The Labute approximate surface area is 140 Å². The predicted molar refractivity (Wildman–Crippen MR) is 86.6 cm³/mol. The fourth-order valence-corrected chi connectivity index (χ4v) is 2.72. The van der Waals surface area contributed by atoms with Crippen molar-refractivity contribution in [2.75, 3.05) is 13.7 Å². The fourth-order valence-electron chi connectivity index (χ4n) is 2.72. The van der Waals surface area contributed by atoms with Crippen LogP contribution in [0.5, 0.6) is 0 Å². The predicted octanol–water partition coefficient (Wildman–Crippen LogP) is 1.84. The van der Waals surface area contributed by atoms with Gasteiger partial charge in [-0.1, -0.05) is 6.92 Å². The van der Waals surface area contributed by atoms with Crippen molar-refractivity contribution in [3.05, 3.63) is 46.6 Å². The van der Waals surface area contributed by atoms with Gasteiger partial charge in [-0.2, -0.15) is 10.2 Å². The van der Waals surface area contributed by atoms with Crippen molar-refractivity contribution >= 4 is 11.9 Å². The third kappa shape index (κ3) is 3.45. The quantitative estimate of drug-likeness (QED) is 0.823. The third-order valence-electron chi connectivity index (χ3n) is 3.76. The Kier molecular flexibility index (Phi) is 5.68. The highest BCUT2D eigenvalue weighted by molar-refractivity contribution is 5.99. The fraction of sp³-hybridized carbons (Fsp3) is 0.412. The summed E-state index contributed by atoms with van der Waals surface area (Å²) in [6, 6.07) is 1.72. The molecular formula is C17H21N3O4. The van der Waals surface area contributed by atoms with E-state index in [2.05, 4.69) is 15.5 Å². The number of hydrogen-bond acceptors (Lipinski definition) is 7. The van der Waals surface area contributed by atoms with Crippen LogP contribution in [0.1, 0.15) is 38.7 Å². The van der Waals surface area contributed by atoms with E-state index >= 15 is 0 Å². The Balaban J connectivity index is 2.56. The largest absolute Gasteiger partial charge is 0.466 e. The molecule has 1 aliphatic heterocycles. The van der Waals surface area contributed by atoms with Gasteiger partial charge in [-0.05, 0) is 31.9 Å². The molecule has 0 saturated carbocycles. The zero-order valence-electron chi connectivity index (χ0n) is 14.3. The molecule has 0 aromatic carbocycles. The van der Waals surface area contributed by atoms with Gasteiger partial charge in [0.25, 0.3) is 0 Å². The second-order valence-electron chi connectivity index (χ2n) is 5.44. The van der Waals surface area contributed by atoms with Gasteiger partial charge in [0.05, 0.1) is 37.0 Å². The molecular weight excluding hydrogens is 310 g/mol. The molecule has 0 fully saturated rings. The number of carbonyl (C=O) groups excluding carboxylic acids is 2. The molecule has 0 spiro atoms. The smallest absolute Gasteiger partial charge is 0.336 e. The first-order valence-electron chi connectivity index (χ1n) is 7.71. The van der Waals surface area contributed by atoms with E-state index in [0.717, 1.165) is 0 Å². The van der Waals surface area contributed by atoms with Crippen molar-refractivity contribution in [2.45, 2.75) is 33.1 Å². The highest BCUT2D eigenvalue weighted by Crippen LogP contribution is 2.38. The SMILES string of the molecule is CCCOC(=O)C1=C(C)NC(C)=C(C(=O)OC)C1c1ccnnc1. The van der Waals surface area contributed by atoms with Crippen LogP contribution in [0.25, 0.3) is 0 Å². The van der Waals surface area contributed by atoms with Crippen LogP contribution in [-0.2, 0) is 19.1 Å². The molecule has 24 heavy (non-hydrogen) atoms. The third-order valence-corrected chi connectivity index (χ3v) is 3.76. The van der Waals surface area contributed by atoms with E-state index in [9.17, 15) is 9.59 Å². The molecule has 2 heterocycles. The van der Waals surface area contributed by atoms with Crippen molar-refractivity contribution in [1.29, 1.82) is 0 Å². The first kappa shape index (κ1) is 17.7. The van der Waals surface area contributed by atoms with Crippen LogP contribution in [0.15, 0.2) is 41.0 Å². The topological polar surface area (TPSA) is 90.4 Å². The van der Waals surface area contributed by atoms with Crippen LogP contribution >= 0.6 is 0 Å². The first-order valence-corrected chi connectivity index (χ1v) is 7.71. The molecule has 7 nitrogen and oxygen atoms in total. The summed E-state index contributed by atoms with van der Waals surface area (Å²) in [7, 11) is 1.31. The lowest BCUT2D eigenvalue weighted by Gasteiger charge is -2.29. The number of hydrogen-bond donors (Lipinski definition) is 1. The Morgan fingerprint density at radius 3 is 2.38 bits per heavy atom. The van der Waals surface area contributed by atoms with Gasteiger partial charge < -0.3 is 14.8 Å². The molecule has 0 aliphatic carbocycles. The Morgan fingerprint density at radius 1 is 1.17 bits per heavy atom. The standard InChI is InChI=1S/C17H21N3O4/c1-5-8-24-17(22)14-11(3)20-10(2)13(16(21)23-4)15(14)12-6-7-18-19-9-12/h6-7,9,15,20H,5,8H2,1-4H3. The summed E-state index contributed by atoms with van der Waals surface area (Å²) in [6.07, 6.45) is 3.77. The number of ether oxygens (including phenoxy) is 2. The number of carbonyl (C=O) groups is 2. The van der Waals surface area contributed by atoms with Gasteiger partial charge in [0, 0.05) is 17.6 Å². The van der Waals surface area contributed by atoms with E-state index in [0.29, 0.717) is 41.1 Å². The number of aromatic nitrogens is 2. The average molecular weight is 331 g/mol. The van der Waals surface area contributed by atoms with Gasteiger partial charge in [0.2, 0.25) is 0 Å². The Bertz CT molecular complexity index is 695. The summed E-state index contributed by atoms with van der Waals surface area (Å²) in [5.74, 6) is -1.58. The van der Waals surface area contributed by atoms with Crippen LogP contribution in [0.3, 0.4) is 0 Å². The molecule has 1 aromatic rings. The maximum Gasteiger partial charge on any atom is 0.336 e. The lowest BCUT2D eigenvalue weighted by atomic mass is 9.81. The molecule has 1 N–H and O–H groups in total. The van der Waals surface area contributed by atoms with E-state index in [-0.39, 0.29) is 0 Å². The van der Waals surface area contributed by atoms with E-state index in [1.54, 1.807) is 19.9 Å². The number of nitrogens with zero attached hydrogens (tertiary/aromatic N) is 2. The molecule has 1 atom stereocenters.